The molecule has 1 heteroatoms. The van der Waals surface area contributed by atoms with Crippen molar-refractivity contribution >= 4 is 0 Å². The van der Waals surface area contributed by atoms with E-state index in [1.54, 1.807) is 0 Å². The summed E-state index contributed by atoms with van der Waals surface area (Å²) in [6.07, 6.45) is 9.07. The van der Waals surface area contributed by atoms with E-state index in [1.807, 2.05) is 0 Å². The molecule has 0 aliphatic rings. The largest absolute Gasteiger partial charge is 0.287 e. The Morgan fingerprint density at radius 2 is 1.50 bits per heavy atom. The van der Waals surface area contributed by atoms with Crippen LogP contribution in [0.15, 0.2) is 30.3 Å². The van der Waals surface area contributed by atoms with E-state index < -0.39 is 0 Å². The van der Waals surface area contributed by atoms with E-state index in [2.05, 4.69) is 67.8 Å². The minimum absolute atomic E-state index is 0.247. The van der Waals surface area contributed by atoms with Gasteiger partial charge in [-0.1, -0.05) is 89.1 Å². The van der Waals surface area contributed by atoms with Crippen LogP contribution in [0.4, 0.5) is 0 Å². The molecule has 0 fully saturated rings. The molecule has 0 N–H and O–H groups in total. The Hall–Kier alpha value is -1.26. The molecule has 0 aliphatic heterocycles. The number of hydrogen-bond acceptors (Lipinski definition) is 1. The van der Waals surface area contributed by atoms with Crippen molar-refractivity contribution in [3.63, 3.8) is 0 Å². The molecule has 122 valence electrons. The van der Waals surface area contributed by atoms with Crippen LogP contribution in [0.1, 0.15) is 77.3 Å². The lowest BCUT2D eigenvalue weighted by atomic mass is 10.0. The van der Waals surface area contributed by atoms with E-state index in [9.17, 15) is 0 Å². The monoisotopic (exact) mass is 299 g/mol. The molecule has 22 heavy (non-hydrogen) atoms. The molecule has 1 rings (SSSR count). The quantitative estimate of drug-likeness (QED) is 0.388. The van der Waals surface area contributed by atoms with Gasteiger partial charge in [-0.15, -0.1) is 5.92 Å². The molecule has 0 bridgehead atoms. The Kier molecular flexibility index (Phi) is 10.5. The molecule has 0 heterocycles. The average molecular weight is 300 g/mol. The van der Waals surface area contributed by atoms with Gasteiger partial charge in [-0.2, -0.15) is 0 Å². The highest BCUT2D eigenvalue weighted by Crippen LogP contribution is 2.19. The van der Waals surface area contributed by atoms with E-state index in [1.165, 1.54) is 44.1 Å². The molecule has 1 aromatic carbocycles. The normalized spacial score (nSPS) is 12.0. The van der Waals surface area contributed by atoms with Crippen molar-refractivity contribution in [2.75, 3.05) is 13.1 Å². The molecule has 1 unspecified atom stereocenters. The molecular weight excluding hydrogens is 266 g/mol. The predicted molar refractivity (Wildman–Crippen MR) is 97.9 cm³/mol. The maximum absolute atomic E-state index is 3.52. The second-order valence-corrected chi connectivity index (χ2v) is 5.87. The van der Waals surface area contributed by atoms with Gasteiger partial charge in [0.1, 0.15) is 0 Å². The summed E-state index contributed by atoms with van der Waals surface area (Å²) >= 11 is 0. The Labute approximate surface area is 138 Å². The number of nitrogens with zero attached hydrogens (tertiary/aromatic N) is 1. The smallest absolute Gasteiger partial charge is 0.0970 e. The fraction of sp³-hybridized carbons (Fsp3) is 0.619. The first-order valence-corrected chi connectivity index (χ1v) is 9.10. The second kappa shape index (κ2) is 12.3. The third-order valence-electron chi connectivity index (χ3n) is 4.19. The van der Waals surface area contributed by atoms with E-state index >= 15 is 0 Å². The van der Waals surface area contributed by atoms with E-state index in [4.69, 9.17) is 0 Å². The van der Waals surface area contributed by atoms with Gasteiger partial charge in [-0.3, -0.25) is 4.90 Å². The van der Waals surface area contributed by atoms with Gasteiger partial charge in [0.25, 0.3) is 0 Å². The molecule has 1 nitrogen and oxygen atoms in total. The number of benzene rings is 1. The summed E-state index contributed by atoms with van der Waals surface area (Å²) in [6.45, 7) is 8.79. The average Bonchev–Trinajstić information content (AvgIpc) is 2.57. The van der Waals surface area contributed by atoms with Crippen molar-refractivity contribution in [2.24, 2.45) is 0 Å². The first-order valence-electron chi connectivity index (χ1n) is 9.10. The molecule has 0 amide bonds. The van der Waals surface area contributed by atoms with Crippen molar-refractivity contribution in [2.45, 2.75) is 71.8 Å². The Morgan fingerprint density at radius 1 is 0.864 bits per heavy atom. The van der Waals surface area contributed by atoms with Gasteiger partial charge in [-0.05, 0) is 25.1 Å². The third kappa shape index (κ3) is 7.14. The molecule has 0 saturated carbocycles. The summed E-state index contributed by atoms with van der Waals surface area (Å²) in [5.74, 6) is 6.95. The van der Waals surface area contributed by atoms with Gasteiger partial charge >= 0.3 is 0 Å². The van der Waals surface area contributed by atoms with E-state index in [0.717, 1.165) is 19.5 Å². The Morgan fingerprint density at radius 3 is 2.14 bits per heavy atom. The fourth-order valence-electron chi connectivity index (χ4n) is 2.77. The van der Waals surface area contributed by atoms with Crippen LogP contribution < -0.4 is 0 Å². The molecule has 0 radical (unpaired) electrons. The number of hydrogen-bond donors (Lipinski definition) is 0. The van der Waals surface area contributed by atoms with Crippen LogP contribution in [0.3, 0.4) is 0 Å². The summed E-state index contributed by atoms with van der Waals surface area (Å²) in [5.41, 5.74) is 1.32. The Balaban J connectivity index is 2.50. The van der Waals surface area contributed by atoms with Crippen molar-refractivity contribution in [1.82, 2.24) is 4.90 Å². The molecule has 0 aromatic heterocycles. The molecular formula is C21H33N. The topological polar surface area (TPSA) is 3.24 Å². The minimum Gasteiger partial charge on any atom is -0.287 e. The second-order valence-electron chi connectivity index (χ2n) is 5.87. The standard InChI is InChI=1S/C21H33N/c1-4-7-8-9-10-11-12-16-19-21(22(5-2)6-3)20-17-14-13-15-18-20/h13-15,17-18,21H,4-12H2,1-3H3. The van der Waals surface area contributed by atoms with Crippen LogP contribution in [-0.2, 0) is 0 Å². The molecule has 0 aliphatic carbocycles. The van der Waals surface area contributed by atoms with Crippen LogP contribution >= 0.6 is 0 Å². The van der Waals surface area contributed by atoms with Crippen molar-refractivity contribution in [3.05, 3.63) is 35.9 Å². The zero-order valence-corrected chi connectivity index (χ0v) is 14.8. The van der Waals surface area contributed by atoms with Crippen molar-refractivity contribution < 1.29 is 0 Å². The summed E-state index contributed by atoms with van der Waals surface area (Å²) in [4.78, 5) is 2.43. The zero-order valence-electron chi connectivity index (χ0n) is 14.8. The SMILES string of the molecule is CCCCCCCCC#CC(c1ccccc1)N(CC)CC. The van der Waals surface area contributed by atoms with Crippen molar-refractivity contribution in [1.29, 1.82) is 0 Å². The molecule has 0 spiro atoms. The summed E-state index contributed by atoms with van der Waals surface area (Å²) in [6, 6.07) is 10.9. The minimum atomic E-state index is 0.247. The Bertz CT molecular complexity index is 422. The van der Waals surface area contributed by atoms with Gasteiger partial charge in [-0.25, -0.2) is 0 Å². The van der Waals surface area contributed by atoms with E-state index in [0.29, 0.717) is 0 Å². The van der Waals surface area contributed by atoms with Gasteiger partial charge in [0.05, 0.1) is 6.04 Å². The lowest BCUT2D eigenvalue weighted by Crippen LogP contribution is -2.27. The van der Waals surface area contributed by atoms with Crippen LogP contribution in [0.25, 0.3) is 0 Å². The maximum Gasteiger partial charge on any atom is 0.0970 e. The highest BCUT2D eigenvalue weighted by atomic mass is 15.1. The summed E-state index contributed by atoms with van der Waals surface area (Å²) in [5, 5.41) is 0. The lowest BCUT2D eigenvalue weighted by Gasteiger charge is -2.25. The maximum atomic E-state index is 3.52. The highest BCUT2D eigenvalue weighted by molar-refractivity contribution is 5.27. The number of rotatable bonds is 10. The van der Waals surface area contributed by atoms with Gasteiger partial charge < -0.3 is 0 Å². The first-order chi connectivity index (χ1) is 10.8. The first kappa shape index (κ1) is 18.8. The lowest BCUT2D eigenvalue weighted by molar-refractivity contribution is 0.264. The van der Waals surface area contributed by atoms with Crippen LogP contribution in [0.2, 0.25) is 0 Å². The summed E-state index contributed by atoms with van der Waals surface area (Å²) < 4.78 is 0. The fourth-order valence-corrected chi connectivity index (χ4v) is 2.77. The molecule has 1 atom stereocenters. The predicted octanol–water partition coefficient (Wildman–Crippen LogP) is 5.82. The van der Waals surface area contributed by atoms with Gasteiger partial charge in [0, 0.05) is 6.42 Å². The van der Waals surface area contributed by atoms with Gasteiger partial charge in [0.2, 0.25) is 0 Å². The molecule has 1 aromatic rings. The van der Waals surface area contributed by atoms with Crippen LogP contribution in [0.5, 0.6) is 0 Å². The van der Waals surface area contributed by atoms with Crippen molar-refractivity contribution in [3.8, 4) is 11.8 Å². The summed E-state index contributed by atoms with van der Waals surface area (Å²) in [7, 11) is 0. The highest BCUT2D eigenvalue weighted by Gasteiger charge is 2.14. The van der Waals surface area contributed by atoms with Crippen LogP contribution in [-0.4, -0.2) is 18.0 Å². The number of unbranched alkanes of at least 4 members (excludes halogenated alkanes) is 6. The zero-order chi connectivity index (χ0) is 16.0. The van der Waals surface area contributed by atoms with Crippen LogP contribution in [0, 0.1) is 11.8 Å². The van der Waals surface area contributed by atoms with Gasteiger partial charge in [0.15, 0.2) is 0 Å². The van der Waals surface area contributed by atoms with E-state index in [-0.39, 0.29) is 6.04 Å². The molecule has 0 saturated heterocycles. The third-order valence-corrected chi connectivity index (χ3v) is 4.19.